The summed E-state index contributed by atoms with van der Waals surface area (Å²) in [6.07, 6.45) is 3.24. The van der Waals surface area contributed by atoms with Gasteiger partial charge >= 0.3 is 0 Å². The average Bonchev–Trinajstić information content (AvgIpc) is 2.49. The molecule has 1 aromatic carbocycles. The molecule has 0 saturated carbocycles. The third-order valence-electron chi connectivity index (χ3n) is 3.33. The van der Waals surface area contributed by atoms with Crippen LogP contribution in [0.25, 0.3) is 0 Å². The number of hydrogen-bond acceptors (Lipinski definition) is 4. The van der Waals surface area contributed by atoms with Gasteiger partial charge in [0.1, 0.15) is 5.82 Å². The van der Waals surface area contributed by atoms with E-state index in [2.05, 4.69) is 4.72 Å². The first-order chi connectivity index (χ1) is 9.94. The van der Waals surface area contributed by atoms with Crippen molar-refractivity contribution in [3.05, 3.63) is 28.5 Å². The highest BCUT2D eigenvalue weighted by atomic mass is 35.5. The van der Waals surface area contributed by atoms with Gasteiger partial charge in [-0.3, -0.25) is 0 Å². The van der Waals surface area contributed by atoms with E-state index in [1.54, 1.807) is 11.8 Å². The van der Waals surface area contributed by atoms with Crippen LogP contribution in [-0.4, -0.2) is 31.1 Å². The Morgan fingerprint density at radius 2 is 2.19 bits per heavy atom. The van der Waals surface area contributed by atoms with Crippen LogP contribution in [0.4, 0.5) is 4.39 Å². The van der Waals surface area contributed by atoms with Crippen LogP contribution in [0.3, 0.4) is 0 Å². The molecular weight excluding hydrogens is 337 g/mol. The first kappa shape index (κ1) is 17.0. The lowest BCUT2D eigenvalue weighted by Gasteiger charge is -2.21. The normalized spacial score (nSPS) is 19.7. The molecule has 8 heteroatoms. The zero-order chi connectivity index (χ0) is 15.5. The number of sulfonamides is 1. The fourth-order valence-electron chi connectivity index (χ4n) is 2.14. The summed E-state index contributed by atoms with van der Waals surface area (Å²) in [5.41, 5.74) is 0.0593. The Labute approximate surface area is 133 Å². The maximum Gasteiger partial charge on any atom is 0.240 e. The number of benzene rings is 1. The van der Waals surface area contributed by atoms with E-state index in [0.717, 1.165) is 31.1 Å². The summed E-state index contributed by atoms with van der Waals surface area (Å²) in [5.74, 6) is 0.187. The predicted octanol–water partition coefficient (Wildman–Crippen LogP) is 2.54. The molecule has 118 valence electrons. The SMILES string of the molecule is O=S(=O)(NCC1CCCCS1)c1cc(F)c(Cl)c(CO)c1. The van der Waals surface area contributed by atoms with Crippen molar-refractivity contribution in [1.82, 2.24) is 4.72 Å². The molecule has 1 atom stereocenters. The predicted molar refractivity (Wildman–Crippen MR) is 82.6 cm³/mol. The monoisotopic (exact) mass is 353 g/mol. The Kier molecular flexibility index (Phi) is 5.90. The van der Waals surface area contributed by atoms with Crippen LogP contribution in [0, 0.1) is 5.82 Å². The fourth-order valence-corrected chi connectivity index (χ4v) is 4.80. The Bertz CT molecular complexity index is 604. The molecule has 1 unspecified atom stereocenters. The summed E-state index contributed by atoms with van der Waals surface area (Å²) in [7, 11) is -3.80. The number of aliphatic hydroxyl groups excluding tert-OH is 1. The summed E-state index contributed by atoms with van der Waals surface area (Å²) in [4.78, 5) is -0.214. The molecule has 1 aliphatic heterocycles. The van der Waals surface area contributed by atoms with Gasteiger partial charge in [-0.15, -0.1) is 0 Å². The summed E-state index contributed by atoms with van der Waals surface area (Å²) in [5, 5.41) is 9.10. The van der Waals surface area contributed by atoms with Crippen molar-refractivity contribution >= 4 is 33.4 Å². The van der Waals surface area contributed by atoms with Gasteiger partial charge in [-0.05, 0) is 30.7 Å². The molecule has 1 saturated heterocycles. The van der Waals surface area contributed by atoms with Crippen molar-refractivity contribution in [2.24, 2.45) is 0 Å². The topological polar surface area (TPSA) is 66.4 Å². The summed E-state index contributed by atoms with van der Waals surface area (Å²) in [6.45, 7) is -0.191. The smallest absolute Gasteiger partial charge is 0.240 e. The number of nitrogens with one attached hydrogen (secondary N) is 1. The molecule has 0 spiro atoms. The first-order valence-corrected chi connectivity index (χ1v) is 9.55. The highest BCUT2D eigenvalue weighted by Crippen LogP contribution is 2.26. The molecule has 2 rings (SSSR count). The maximum atomic E-state index is 13.6. The number of aliphatic hydroxyl groups is 1. The second kappa shape index (κ2) is 7.28. The molecule has 1 heterocycles. The van der Waals surface area contributed by atoms with Gasteiger partial charge in [0.05, 0.1) is 16.5 Å². The van der Waals surface area contributed by atoms with Gasteiger partial charge in [0.15, 0.2) is 0 Å². The van der Waals surface area contributed by atoms with Crippen molar-refractivity contribution < 1.29 is 17.9 Å². The standard InChI is InChI=1S/C13H17ClFNO3S2/c14-13-9(8-17)5-11(6-12(13)15)21(18,19)16-7-10-3-1-2-4-20-10/h5-6,10,16-17H,1-4,7-8H2. The summed E-state index contributed by atoms with van der Waals surface area (Å²) >= 11 is 7.41. The molecule has 2 N–H and O–H groups in total. The van der Waals surface area contributed by atoms with Crippen molar-refractivity contribution in [2.45, 2.75) is 36.0 Å². The molecule has 0 aliphatic carbocycles. The van der Waals surface area contributed by atoms with Crippen LogP contribution in [-0.2, 0) is 16.6 Å². The summed E-state index contributed by atoms with van der Waals surface area (Å²) < 4.78 is 40.5. The van der Waals surface area contributed by atoms with Crippen LogP contribution < -0.4 is 4.72 Å². The molecule has 1 fully saturated rings. The minimum absolute atomic E-state index is 0.0593. The van der Waals surface area contributed by atoms with Gasteiger partial charge in [-0.25, -0.2) is 17.5 Å². The van der Waals surface area contributed by atoms with Crippen LogP contribution >= 0.6 is 23.4 Å². The number of rotatable bonds is 5. The lowest BCUT2D eigenvalue weighted by molar-refractivity contribution is 0.281. The fraction of sp³-hybridized carbons (Fsp3) is 0.538. The van der Waals surface area contributed by atoms with Crippen LogP contribution in [0.2, 0.25) is 5.02 Å². The molecule has 0 bridgehead atoms. The van der Waals surface area contributed by atoms with Gasteiger partial charge in [0.25, 0.3) is 0 Å². The lowest BCUT2D eigenvalue weighted by atomic mass is 10.2. The van der Waals surface area contributed by atoms with Crippen LogP contribution in [0.1, 0.15) is 24.8 Å². The molecule has 4 nitrogen and oxygen atoms in total. The van der Waals surface area contributed by atoms with E-state index in [4.69, 9.17) is 16.7 Å². The minimum Gasteiger partial charge on any atom is -0.392 e. The Morgan fingerprint density at radius 3 is 2.81 bits per heavy atom. The van der Waals surface area contributed by atoms with Gasteiger partial charge < -0.3 is 5.11 Å². The van der Waals surface area contributed by atoms with Crippen LogP contribution in [0.15, 0.2) is 17.0 Å². The van der Waals surface area contributed by atoms with Gasteiger partial charge in [-0.1, -0.05) is 18.0 Å². The maximum absolute atomic E-state index is 13.6. The largest absolute Gasteiger partial charge is 0.392 e. The molecule has 21 heavy (non-hydrogen) atoms. The zero-order valence-corrected chi connectivity index (χ0v) is 13.7. The molecule has 0 radical (unpaired) electrons. The number of thioether (sulfide) groups is 1. The van der Waals surface area contributed by atoms with Crippen molar-refractivity contribution in [2.75, 3.05) is 12.3 Å². The second-order valence-corrected chi connectivity index (χ2v) is 8.43. The summed E-state index contributed by atoms with van der Waals surface area (Å²) in [6, 6.07) is 2.07. The van der Waals surface area contributed by atoms with E-state index < -0.39 is 22.4 Å². The zero-order valence-electron chi connectivity index (χ0n) is 11.3. The number of hydrogen-bond donors (Lipinski definition) is 2. The highest BCUT2D eigenvalue weighted by molar-refractivity contribution is 8.00. The minimum atomic E-state index is -3.80. The van der Waals surface area contributed by atoms with E-state index >= 15 is 0 Å². The third kappa shape index (κ3) is 4.32. The van der Waals surface area contributed by atoms with Crippen molar-refractivity contribution in [3.8, 4) is 0 Å². The molecule has 1 aromatic rings. The molecule has 1 aliphatic rings. The van der Waals surface area contributed by atoms with E-state index in [0.29, 0.717) is 6.54 Å². The quantitative estimate of drug-likeness (QED) is 0.853. The molecular formula is C13H17ClFNO3S2. The lowest BCUT2D eigenvalue weighted by Crippen LogP contribution is -2.32. The first-order valence-electron chi connectivity index (χ1n) is 6.64. The Morgan fingerprint density at radius 1 is 1.43 bits per heavy atom. The number of halogens is 2. The van der Waals surface area contributed by atoms with E-state index in [9.17, 15) is 12.8 Å². The van der Waals surface area contributed by atoms with Crippen LogP contribution in [0.5, 0.6) is 0 Å². The Balaban J connectivity index is 2.13. The van der Waals surface area contributed by atoms with Gasteiger partial charge in [0.2, 0.25) is 10.0 Å². The average molecular weight is 354 g/mol. The van der Waals surface area contributed by atoms with Crippen molar-refractivity contribution in [1.29, 1.82) is 0 Å². The van der Waals surface area contributed by atoms with Gasteiger partial charge in [-0.2, -0.15) is 11.8 Å². The van der Waals surface area contributed by atoms with Crippen molar-refractivity contribution in [3.63, 3.8) is 0 Å². The van der Waals surface area contributed by atoms with Gasteiger partial charge in [0, 0.05) is 17.4 Å². The molecule has 0 amide bonds. The second-order valence-electron chi connectivity index (χ2n) is 4.88. The third-order valence-corrected chi connectivity index (χ3v) is 6.56. The van der Waals surface area contributed by atoms with E-state index in [-0.39, 0.29) is 20.7 Å². The Hall–Kier alpha value is -0.340. The van der Waals surface area contributed by atoms with E-state index in [1.807, 2.05) is 0 Å². The highest BCUT2D eigenvalue weighted by Gasteiger charge is 2.21. The van der Waals surface area contributed by atoms with E-state index in [1.165, 1.54) is 6.07 Å². The molecule has 0 aromatic heterocycles.